The van der Waals surface area contributed by atoms with Gasteiger partial charge in [0.1, 0.15) is 11.9 Å². The Balaban J connectivity index is 2.85. The Morgan fingerprint density at radius 1 is 1.62 bits per heavy atom. The van der Waals surface area contributed by atoms with E-state index in [0.29, 0.717) is 6.42 Å². The summed E-state index contributed by atoms with van der Waals surface area (Å²) in [7, 11) is 0. The summed E-state index contributed by atoms with van der Waals surface area (Å²) in [5.74, 6) is -1.11. The van der Waals surface area contributed by atoms with Crippen molar-refractivity contribution in [2.75, 3.05) is 0 Å². The van der Waals surface area contributed by atoms with Crippen LogP contribution in [0.25, 0.3) is 0 Å². The predicted octanol–water partition coefficient (Wildman–Crippen LogP) is 2.17. The van der Waals surface area contributed by atoms with E-state index in [1.165, 1.54) is 12.1 Å². The van der Waals surface area contributed by atoms with Crippen molar-refractivity contribution in [3.63, 3.8) is 0 Å². The molecule has 0 heterocycles. The summed E-state index contributed by atoms with van der Waals surface area (Å²) in [6.07, 6.45) is 0.496. The lowest BCUT2D eigenvalue weighted by Gasteiger charge is -2.09. The summed E-state index contributed by atoms with van der Waals surface area (Å²) in [6, 6.07) is 5.73. The van der Waals surface area contributed by atoms with E-state index in [1.807, 2.05) is 6.07 Å². The molecule has 0 saturated carbocycles. The van der Waals surface area contributed by atoms with E-state index >= 15 is 0 Å². The third kappa shape index (κ3) is 2.80. The fraction of sp³-hybridized carbons (Fsp3) is 0.333. The average molecular weight is 220 g/mol. The number of hydrogen-bond donors (Lipinski definition) is 1. The number of nitrogens with one attached hydrogen (secondary N) is 1. The number of aryl methyl sites for hydroxylation is 1. The monoisotopic (exact) mass is 220 g/mol. The predicted molar refractivity (Wildman–Crippen MR) is 58.3 cm³/mol. The van der Waals surface area contributed by atoms with Gasteiger partial charge in [-0.15, -0.1) is 0 Å². The normalized spacial score (nSPS) is 11.6. The largest absolute Gasteiger partial charge is 0.336 e. The van der Waals surface area contributed by atoms with Gasteiger partial charge in [0.05, 0.1) is 11.6 Å². The fourth-order valence-electron chi connectivity index (χ4n) is 1.27. The summed E-state index contributed by atoms with van der Waals surface area (Å²) >= 11 is 0. The Labute approximate surface area is 93.9 Å². The van der Waals surface area contributed by atoms with Gasteiger partial charge < -0.3 is 5.32 Å². The average Bonchev–Trinajstić information content (AvgIpc) is 2.25. The molecule has 16 heavy (non-hydrogen) atoms. The Morgan fingerprint density at radius 2 is 2.31 bits per heavy atom. The molecule has 0 aliphatic rings. The molecule has 84 valence electrons. The van der Waals surface area contributed by atoms with E-state index in [9.17, 15) is 9.18 Å². The maximum atomic E-state index is 13.4. The van der Waals surface area contributed by atoms with Crippen molar-refractivity contribution >= 4 is 5.91 Å². The molecule has 0 radical (unpaired) electrons. The quantitative estimate of drug-likeness (QED) is 0.848. The van der Waals surface area contributed by atoms with Crippen LogP contribution in [-0.2, 0) is 0 Å². The van der Waals surface area contributed by atoms with Crippen molar-refractivity contribution in [3.8, 4) is 6.07 Å². The minimum Gasteiger partial charge on any atom is -0.336 e. The second-order valence-electron chi connectivity index (χ2n) is 3.55. The number of hydrogen-bond acceptors (Lipinski definition) is 2. The zero-order valence-corrected chi connectivity index (χ0v) is 9.25. The van der Waals surface area contributed by atoms with Gasteiger partial charge in [-0.1, -0.05) is 13.0 Å². The minimum absolute atomic E-state index is 0.0284. The molecule has 4 heteroatoms. The van der Waals surface area contributed by atoms with E-state index in [4.69, 9.17) is 5.26 Å². The van der Waals surface area contributed by atoms with Crippen molar-refractivity contribution in [1.29, 1.82) is 5.26 Å². The smallest absolute Gasteiger partial charge is 0.255 e. The molecule has 1 N–H and O–H groups in total. The maximum Gasteiger partial charge on any atom is 0.255 e. The molecule has 0 spiro atoms. The minimum atomic E-state index is -0.576. The van der Waals surface area contributed by atoms with E-state index in [2.05, 4.69) is 5.32 Å². The number of rotatable bonds is 3. The third-order valence-electron chi connectivity index (χ3n) is 2.24. The number of halogens is 1. The van der Waals surface area contributed by atoms with Gasteiger partial charge in [0, 0.05) is 0 Å². The lowest BCUT2D eigenvalue weighted by atomic mass is 10.1. The van der Waals surface area contributed by atoms with Crippen LogP contribution in [0.5, 0.6) is 0 Å². The summed E-state index contributed by atoms with van der Waals surface area (Å²) in [4.78, 5) is 11.6. The standard InChI is InChI=1S/C12H13FN2O/c1-3-9(7-14)15-12(16)10-5-4-8(2)6-11(10)13/h4-6,9H,3H2,1-2H3,(H,15,16). The molecule has 1 aromatic carbocycles. The molecule has 0 aromatic heterocycles. The van der Waals surface area contributed by atoms with Crippen molar-refractivity contribution in [2.24, 2.45) is 0 Å². The highest BCUT2D eigenvalue weighted by molar-refractivity contribution is 5.94. The van der Waals surface area contributed by atoms with Crippen molar-refractivity contribution in [1.82, 2.24) is 5.32 Å². The number of amides is 1. The molecule has 0 aliphatic carbocycles. The Kier molecular flexibility index (Phi) is 4.01. The van der Waals surface area contributed by atoms with Gasteiger partial charge in [-0.25, -0.2) is 4.39 Å². The SMILES string of the molecule is CCC(C#N)NC(=O)c1ccc(C)cc1F. The van der Waals surface area contributed by atoms with Gasteiger partial charge in [0.15, 0.2) is 0 Å². The highest BCUT2D eigenvalue weighted by Gasteiger charge is 2.14. The van der Waals surface area contributed by atoms with Crippen LogP contribution in [0, 0.1) is 24.1 Å². The first kappa shape index (κ1) is 12.2. The molecule has 0 fully saturated rings. The van der Waals surface area contributed by atoms with Crippen molar-refractivity contribution in [2.45, 2.75) is 26.3 Å². The number of carbonyl (C=O) groups is 1. The third-order valence-corrected chi connectivity index (χ3v) is 2.24. The van der Waals surface area contributed by atoms with Gasteiger partial charge >= 0.3 is 0 Å². The lowest BCUT2D eigenvalue weighted by Crippen LogP contribution is -2.33. The van der Waals surface area contributed by atoms with Crippen molar-refractivity contribution in [3.05, 3.63) is 35.1 Å². The van der Waals surface area contributed by atoms with Crippen LogP contribution in [0.1, 0.15) is 29.3 Å². The van der Waals surface area contributed by atoms with Crippen molar-refractivity contribution < 1.29 is 9.18 Å². The zero-order valence-electron chi connectivity index (χ0n) is 9.25. The number of nitrogens with zero attached hydrogens (tertiary/aromatic N) is 1. The first-order chi connectivity index (χ1) is 7.58. The summed E-state index contributed by atoms with van der Waals surface area (Å²) in [5.41, 5.74) is 0.723. The molecule has 1 rings (SSSR count). The number of benzene rings is 1. The van der Waals surface area contributed by atoms with Gasteiger partial charge in [-0.05, 0) is 31.0 Å². The first-order valence-electron chi connectivity index (χ1n) is 5.05. The molecule has 0 aliphatic heterocycles. The second-order valence-corrected chi connectivity index (χ2v) is 3.55. The molecule has 1 atom stereocenters. The Morgan fingerprint density at radius 3 is 2.81 bits per heavy atom. The second kappa shape index (κ2) is 5.26. The van der Waals surface area contributed by atoms with Crippen LogP contribution in [0.2, 0.25) is 0 Å². The molecule has 1 amide bonds. The van der Waals surface area contributed by atoms with Crippen LogP contribution in [0.4, 0.5) is 4.39 Å². The molecule has 3 nitrogen and oxygen atoms in total. The van der Waals surface area contributed by atoms with Gasteiger partial charge in [-0.2, -0.15) is 5.26 Å². The highest BCUT2D eigenvalue weighted by atomic mass is 19.1. The summed E-state index contributed by atoms with van der Waals surface area (Å²) in [6.45, 7) is 3.52. The van der Waals surface area contributed by atoms with E-state index in [0.717, 1.165) is 5.56 Å². The van der Waals surface area contributed by atoms with Crippen LogP contribution >= 0.6 is 0 Å². The summed E-state index contributed by atoms with van der Waals surface area (Å²) in [5, 5.41) is 11.1. The van der Waals surface area contributed by atoms with Gasteiger partial charge in [0.25, 0.3) is 5.91 Å². The molecule has 1 unspecified atom stereocenters. The molecule has 1 aromatic rings. The van der Waals surface area contributed by atoms with Crippen LogP contribution < -0.4 is 5.32 Å². The Hall–Kier alpha value is -1.89. The molecule has 0 bridgehead atoms. The number of carbonyl (C=O) groups excluding carboxylic acids is 1. The van der Waals surface area contributed by atoms with E-state index in [-0.39, 0.29) is 5.56 Å². The van der Waals surface area contributed by atoms with E-state index in [1.54, 1.807) is 19.9 Å². The summed E-state index contributed by atoms with van der Waals surface area (Å²) < 4.78 is 13.4. The lowest BCUT2D eigenvalue weighted by molar-refractivity contribution is 0.0940. The van der Waals surface area contributed by atoms with Crippen LogP contribution in [0.3, 0.4) is 0 Å². The maximum absolute atomic E-state index is 13.4. The highest BCUT2D eigenvalue weighted by Crippen LogP contribution is 2.10. The van der Waals surface area contributed by atoms with Gasteiger partial charge in [0.2, 0.25) is 0 Å². The van der Waals surface area contributed by atoms with Gasteiger partial charge in [-0.3, -0.25) is 4.79 Å². The van der Waals surface area contributed by atoms with Crippen LogP contribution in [0.15, 0.2) is 18.2 Å². The van der Waals surface area contributed by atoms with E-state index < -0.39 is 17.8 Å². The topological polar surface area (TPSA) is 52.9 Å². The number of nitriles is 1. The first-order valence-corrected chi connectivity index (χ1v) is 5.05. The fourth-order valence-corrected chi connectivity index (χ4v) is 1.27. The molecular weight excluding hydrogens is 207 g/mol. The molecular formula is C12H13FN2O. The molecule has 0 saturated heterocycles. The van der Waals surface area contributed by atoms with Crippen LogP contribution in [-0.4, -0.2) is 11.9 Å². The Bertz CT molecular complexity index is 437. The zero-order chi connectivity index (χ0) is 12.1.